The van der Waals surface area contributed by atoms with Gasteiger partial charge in [0.05, 0.1) is 11.9 Å². The first-order valence-corrected chi connectivity index (χ1v) is 9.43. The number of carbonyl (C=O) groups is 2. The van der Waals surface area contributed by atoms with E-state index in [0.29, 0.717) is 0 Å². The quantitative estimate of drug-likeness (QED) is 0.391. The van der Waals surface area contributed by atoms with Crippen molar-refractivity contribution < 1.29 is 14.0 Å². The summed E-state index contributed by atoms with van der Waals surface area (Å²) in [5, 5.41) is 6.09. The van der Waals surface area contributed by atoms with E-state index in [1.807, 2.05) is 19.9 Å². The molecule has 0 spiro atoms. The molecule has 0 bridgehead atoms. The molecule has 2 amide bonds. The summed E-state index contributed by atoms with van der Waals surface area (Å²) in [6.45, 7) is 8.07. The van der Waals surface area contributed by atoms with Crippen LogP contribution in [0.5, 0.6) is 0 Å². The number of aromatic nitrogens is 1. The van der Waals surface area contributed by atoms with Gasteiger partial charge in [0.25, 0.3) is 0 Å². The third-order valence-corrected chi connectivity index (χ3v) is 4.92. The lowest BCUT2D eigenvalue weighted by atomic mass is 10.1. The fourth-order valence-corrected chi connectivity index (χ4v) is 3.13. The first kappa shape index (κ1) is 21.0. The van der Waals surface area contributed by atoms with Gasteiger partial charge in [-0.3, -0.25) is 9.59 Å². The number of amides is 2. The van der Waals surface area contributed by atoms with Crippen molar-refractivity contribution >= 4 is 23.7 Å². The molecule has 0 unspecified atom stereocenters. The number of anilines is 1. The van der Waals surface area contributed by atoms with E-state index in [-0.39, 0.29) is 5.69 Å². The number of hydrogen-bond donors (Lipinski definition) is 2. The molecule has 0 aliphatic heterocycles. The molecular weight excluding hydrogens is 383 g/mol. The van der Waals surface area contributed by atoms with Crippen LogP contribution in [0.2, 0.25) is 0 Å². The maximum absolute atomic E-state index is 13.6. The smallest absolute Gasteiger partial charge is 0.318 e. The summed E-state index contributed by atoms with van der Waals surface area (Å²) < 4.78 is 15.7. The maximum Gasteiger partial charge on any atom is 0.329 e. The number of hydrogen-bond acceptors (Lipinski definition) is 3. The van der Waals surface area contributed by atoms with Crippen LogP contribution >= 0.6 is 0 Å². The van der Waals surface area contributed by atoms with Crippen LogP contribution in [0.3, 0.4) is 0 Å². The molecule has 1 heterocycles. The van der Waals surface area contributed by atoms with Crippen LogP contribution in [0.15, 0.2) is 53.6 Å². The molecule has 0 saturated carbocycles. The number of nitrogens with one attached hydrogen (secondary N) is 2. The highest BCUT2D eigenvalue weighted by molar-refractivity contribution is 6.39. The van der Waals surface area contributed by atoms with Crippen LogP contribution < -0.4 is 10.7 Å². The Kier molecular flexibility index (Phi) is 6.11. The summed E-state index contributed by atoms with van der Waals surface area (Å²) in [6, 6.07) is 13.8. The van der Waals surface area contributed by atoms with Crippen LogP contribution in [0.4, 0.5) is 10.1 Å². The van der Waals surface area contributed by atoms with Gasteiger partial charge < -0.3 is 9.88 Å². The molecule has 30 heavy (non-hydrogen) atoms. The van der Waals surface area contributed by atoms with Gasteiger partial charge in [0, 0.05) is 22.6 Å². The van der Waals surface area contributed by atoms with E-state index in [1.165, 1.54) is 35.5 Å². The zero-order valence-corrected chi connectivity index (χ0v) is 17.3. The van der Waals surface area contributed by atoms with E-state index < -0.39 is 17.6 Å². The van der Waals surface area contributed by atoms with Gasteiger partial charge >= 0.3 is 11.8 Å². The maximum atomic E-state index is 13.6. The number of carbonyl (C=O) groups excluding carboxylic acids is 2. The Morgan fingerprint density at radius 2 is 1.70 bits per heavy atom. The first-order valence-electron chi connectivity index (χ1n) is 9.43. The topological polar surface area (TPSA) is 75.5 Å². The third-order valence-electron chi connectivity index (χ3n) is 4.92. The number of aryl methyl sites for hydroxylation is 3. The Balaban J connectivity index is 1.70. The van der Waals surface area contributed by atoms with Crippen LogP contribution in [-0.2, 0) is 9.59 Å². The first-order chi connectivity index (χ1) is 14.3. The average Bonchev–Trinajstić information content (AvgIpc) is 2.99. The second-order valence-corrected chi connectivity index (χ2v) is 7.06. The van der Waals surface area contributed by atoms with Crippen LogP contribution in [-0.4, -0.2) is 22.6 Å². The van der Waals surface area contributed by atoms with Gasteiger partial charge in [-0.1, -0.05) is 18.2 Å². The van der Waals surface area contributed by atoms with E-state index in [2.05, 4.69) is 52.5 Å². The normalized spacial score (nSPS) is 11.0. The minimum atomic E-state index is -1.00. The van der Waals surface area contributed by atoms with Crippen molar-refractivity contribution in [2.75, 3.05) is 5.32 Å². The van der Waals surface area contributed by atoms with Crippen molar-refractivity contribution in [3.05, 3.63) is 82.4 Å². The van der Waals surface area contributed by atoms with Crippen molar-refractivity contribution in [3.8, 4) is 5.69 Å². The van der Waals surface area contributed by atoms with E-state index in [9.17, 15) is 14.0 Å². The molecule has 2 N–H and O–H groups in total. The van der Waals surface area contributed by atoms with Crippen LogP contribution in [0.1, 0.15) is 28.1 Å². The molecule has 2 aromatic carbocycles. The zero-order valence-electron chi connectivity index (χ0n) is 17.3. The monoisotopic (exact) mass is 406 g/mol. The van der Waals surface area contributed by atoms with E-state index >= 15 is 0 Å². The second kappa shape index (κ2) is 8.73. The summed E-state index contributed by atoms with van der Waals surface area (Å²) in [7, 11) is 0. The molecule has 0 fully saturated rings. The Labute approximate surface area is 174 Å². The molecule has 0 atom stereocenters. The molecule has 0 aliphatic carbocycles. The average molecular weight is 406 g/mol. The minimum Gasteiger partial charge on any atom is -0.318 e. The van der Waals surface area contributed by atoms with Crippen molar-refractivity contribution in [2.24, 2.45) is 5.10 Å². The highest BCUT2D eigenvalue weighted by atomic mass is 19.1. The highest BCUT2D eigenvalue weighted by Crippen LogP contribution is 2.21. The van der Waals surface area contributed by atoms with Gasteiger partial charge in [-0.2, -0.15) is 5.10 Å². The second-order valence-electron chi connectivity index (χ2n) is 7.06. The van der Waals surface area contributed by atoms with Gasteiger partial charge in [-0.25, -0.2) is 9.82 Å². The zero-order chi connectivity index (χ0) is 21.8. The predicted octanol–water partition coefficient (Wildman–Crippen LogP) is 3.94. The number of halogens is 1. The summed E-state index contributed by atoms with van der Waals surface area (Å²) in [6.07, 6.45) is 1.48. The van der Waals surface area contributed by atoms with E-state index in [0.717, 1.165) is 22.6 Å². The Morgan fingerprint density at radius 1 is 0.967 bits per heavy atom. The molecule has 154 valence electrons. The lowest BCUT2D eigenvalue weighted by molar-refractivity contribution is -0.136. The highest BCUT2D eigenvalue weighted by Gasteiger charge is 2.15. The van der Waals surface area contributed by atoms with Gasteiger partial charge in [0.2, 0.25) is 0 Å². The molecule has 0 aliphatic rings. The molecule has 1 aromatic heterocycles. The fourth-order valence-electron chi connectivity index (χ4n) is 3.13. The number of nitrogens with zero attached hydrogens (tertiary/aromatic N) is 2. The number of rotatable bonds is 4. The van der Waals surface area contributed by atoms with Gasteiger partial charge in [-0.05, 0) is 69.2 Å². The Hall–Kier alpha value is -3.74. The van der Waals surface area contributed by atoms with Gasteiger partial charge in [0.1, 0.15) is 5.82 Å². The van der Waals surface area contributed by atoms with Crippen LogP contribution in [0, 0.1) is 33.5 Å². The molecule has 0 saturated heterocycles. The summed E-state index contributed by atoms with van der Waals surface area (Å²) in [4.78, 5) is 23.8. The Morgan fingerprint density at radius 3 is 2.40 bits per heavy atom. The molecule has 0 radical (unpaired) electrons. The Bertz CT molecular complexity index is 1150. The summed E-state index contributed by atoms with van der Waals surface area (Å²) in [5.41, 5.74) is 8.33. The molecule has 3 aromatic rings. The SMILES string of the molecule is Cc1ccc(-n2c(C)cc(/C=N\NC(=O)C(=O)Nc3ccccc3F)c2C)cc1C. The molecule has 3 rings (SSSR count). The van der Waals surface area contributed by atoms with Gasteiger partial charge in [-0.15, -0.1) is 0 Å². The molecule has 6 nitrogen and oxygen atoms in total. The third kappa shape index (κ3) is 4.46. The number of benzene rings is 2. The minimum absolute atomic E-state index is 0.0708. The van der Waals surface area contributed by atoms with E-state index in [1.54, 1.807) is 6.07 Å². The van der Waals surface area contributed by atoms with E-state index in [4.69, 9.17) is 0 Å². The van der Waals surface area contributed by atoms with Crippen molar-refractivity contribution in [1.29, 1.82) is 0 Å². The molecule has 7 heteroatoms. The lowest BCUT2D eigenvalue weighted by Crippen LogP contribution is -2.32. The standard InChI is InChI=1S/C23H23FN4O2/c1-14-9-10-19(11-15(14)2)28-16(3)12-18(17(28)4)13-25-27-23(30)22(29)26-21-8-6-5-7-20(21)24/h5-13H,1-4H3,(H,26,29)(H,27,30)/b25-13-. The summed E-state index contributed by atoms with van der Waals surface area (Å²) in [5.74, 6) is -2.61. The van der Waals surface area contributed by atoms with Crippen molar-refractivity contribution in [1.82, 2.24) is 9.99 Å². The number of hydrazone groups is 1. The predicted molar refractivity (Wildman–Crippen MR) is 115 cm³/mol. The van der Waals surface area contributed by atoms with Gasteiger partial charge in [0.15, 0.2) is 0 Å². The van der Waals surface area contributed by atoms with Crippen molar-refractivity contribution in [2.45, 2.75) is 27.7 Å². The van der Waals surface area contributed by atoms with Crippen molar-refractivity contribution in [3.63, 3.8) is 0 Å². The number of para-hydroxylation sites is 1. The fraction of sp³-hybridized carbons (Fsp3) is 0.174. The largest absolute Gasteiger partial charge is 0.329 e. The lowest BCUT2D eigenvalue weighted by Gasteiger charge is -2.11. The molecular formula is C23H23FN4O2. The van der Waals surface area contributed by atoms with Crippen LogP contribution in [0.25, 0.3) is 5.69 Å². The summed E-state index contributed by atoms with van der Waals surface area (Å²) >= 11 is 0.